The Balaban J connectivity index is 5.23. The molecule has 0 rings (SSSR count). The van der Waals surface area contributed by atoms with Crippen LogP contribution >= 0.6 is 15.6 Å². The van der Waals surface area contributed by atoms with Crippen molar-refractivity contribution in [2.24, 2.45) is 23.7 Å². The van der Waals surface area contributed by atoms with Gasteiger partial charge in [-0.3, -0.25) is 37.3 Å². The third-order valence-electron chi connectivity index (χ3n) is 18.9. The minimum absolute atomic E-state index is 0.106. The fraction of sp³-hybridized carbons (Fsp3) is 0.950. The first-order chi connectivity index (χ1) is 47.6. The second-order valence-electron chi connectivity index (χ2n) is 30.5. The predicted octanol–water partition coefficient (Wildman–Crippen LogP) is 23.6. The number of rotatable bonds is 77. The molecule has 0 amide bonds. The predicted molar refractivity (Wildman–Crippen MR) is 404 cm³/mol. The van der Waals surface area contributed by atoms with Crippen molar-refractivity contribution in [2.45, 2.75) is 427 Å². The fourth-order valence-electron chi connectivity index (χ4n) is 12.2. The zero-order valence-corrected chi connectivity index (χ0v) is 66.9. The van der Waals surface area contributed by atoms with Crippen molar-refractivity contribution >= 4 is 39.5 Å². The van der Waals surface area contributed by atoms with E-state index in [2.05, 4.69) is 55.4 Å². The number of ether oxygens (including phenoxy) is 4. The lowest BCUT2D eigenvalue weighted by atomic mass is 10.00. The SMILES string of the molecule is CCC(C)CCCCCCCCC(=O)OC[C@H](COP(=O)(O)OC[C@H](O)COP(=O)(O)OC[C@@H](COC(=O)CCCCCCCCCCCCC(C)C)OC(=O)CCCCCCCCCCCCCCCCCC(C)C)OC(=O)CCCCCCCCCCCCCCCCCC(C)C. The zero-order valence-electron chi connectivity index (χ0n) is 65.1. The Morgan fingerprint density at radius 2 is 0.485 bits per heavy atom. The highest BCUT2D eigenvalue weighted by atomic mass is 31.2. The number of hydrogen-bond acceptors (Lipinski definition) is 15. The van der Waals surface area contributed by atoms with Crippen LogP contribution in [0.5, 0.6) is 0 Å². The summed E-state index contributed by atoms with van der Waals surface area (Å²) in [6, 6.07) is 0. The number of phosphoric ester groups is 2. The number of unbranched alkanes of at least 4 members (excludes halogenated alkanes) is 42. The molecule has 0 aromatic rings. The second kappa shape index (κ2) is 69.1. The van der Waals surface area contributed by atoms with Gasteiger partial charge in [-0.05, 0) is 49.4 Å². The van der Waals surface area contributed by atoms with E-state index in [1.54, 1.807) is 0 Å². The van der Waals surface area contributed by atoms with Crippen LogP contribution in [0.2, 0.25) is 0 Å². The Hall–Kier alpha value is -1.94. The van der Waals surface area contributed by atoms with Crippen molar-refractivity contribution in [3.63, 3.8) is 0 Å². The van der Waals surface area contributed by atoms with E-state index in [4.69, 9.17) is 37.0 Å². The van der Waals surface area contributed by atoms with E-state index in [0.29, 0.717) is 25.7 Å². The van der Waals surface area contributed by atoms with Crippen LogP contribution in [0, 0.1) is 23.7 Å². The first kappa shape index (κ1) is 97.1. The molecular formula is C80H156O17P2. The van der Waals surface area contributed by atoms with Gasteiger partial charge in [0, 0.05) is 25.7 Å². The summed E-state index contributed by atoms with van der Waals surface area (Å²) in [4.78, 5) is 73.0. The van der Waals surface area contributed by atoms with Crippen LogP contribution < -0.4 is 0 Å². The van der Waals surface area contributed by atoms with E-state index < -0.39 is 97.5 Å². The van der Waals surface area contributed by atoms with Gasteiger partial charge in [-0.1, -0.05) is 357 Å². The Morgan fingerprint density at radius 1 is 0.283 bits per heavy atom. The molecule has 0 radical (unpaired) electrons. The maximum Gasteiger partial charge on any atom is 0.472 e. The maximum absolute atomic E-state index is 13.1. The van der Waals surface area contributed by atoms with Gasteiger partial charge in [-0.25, -0.2) is 9.13 Å². The summed E-state index contributed by atoms with van der Waals surface area (Å²) < 4.78 is 68.7. The molecular weight excluding hydrogens is 1290 g/mol. The third-order valence-corrected chi connectivity index (χ3v) is 20.8. The Morgan fingerprint density at radius 3 is 0.717 bits per heavy atom. The summed E-state index contributed by atoms with van der Waals surface area (Å²) in [6.07, 6.45) is 55.5. The van der Waals surface area contributed by atoms with Crippen LogP contribution in [-0.2, 0) is 65.4 Å². The van der Waals surface area contributed by atoms with Crippen LogP contribution in [0.1, 0.15) is 409 Å². The molecule has 0 heterocycles. The normalized spacial score (nSPS) is 14.3. The van der Waals surface area contributed by atoms with Gasteiger partial charge in [-0.2, -0.15) is 0 Å². The molecule has 99 heavy (non-hydrogen) atoms. The average Bonchev–Trinajstić information content (AvgIpc) is 1.05. The molecule has 0 aliphatic rings. The molecule has 19 heteroatoms. The van der Waals surface area contributed by atoms with Crippen LogP contribution in [0.25, 0.3) is 0 Å². The summed E-state index contributed by atoms with van der Waals surface area (Å²) in [5.74, 6) is 0.979. The summed E-state index contributed by atoms with van der Waals surface area (Å²) in [6.45, 7) is 14.2. The molecule has 588 valence electrons. The van der Waals surface area contributed by atoms with Gasteiger partial charge >= 0.3 is 39.5 Å². The topological polar surface area (TPSA) is 237 Å². The first-order valence-electron chi connectivity index (χ1n) is 41.2. The number of hydrogen-bond donors (Lipinski definition) is 3. The highest BCUT2D eigenvalue weighted by Gasteiger charge is 2.30. The van der Waals surface area contributed by atoms with E-state index in [1.807, 2.05) is 0 Å². The summed E-state index contributed by atoms with van der Waals surface area (Å²) >= 11 is 0. The lowest BCUT2D eigenvalue weighted by Gasteiger charge is -2.21. The van der Waals surface area contributed by atoms with E-state index >= 15 is 0 Å². The molecule has 0 saturated carbocycles. The van der Waals surface area contributed by atoms with E-state index in [-0.39, 0.29) is 25.7 Å². The molecule has 17 nitrogen and oxygen atoms in total. The number of aliphatic hydroxyl groups is 1. The molecule has 0 spiro atoms. The van der Waals surface area contributed by atoms with Crippen molar-refractivity contribution in [3.8, 4) is 0 Å². The van der Waals surface area contributed by atoms with Gasteiger partial charge in [0.05, 0.1) is 26.4 Å². The standard InChI is InChI=1S/C80H156O17P2/c1-9-73(8)59-51-43-38-39-45-53-61-78(83)91-67-76(97-80(85)63-55-47-37-31-23-19-15-11-13-17-21-27-33-41-49-57-71(4)5)69-95-99(88,89)93-65-74(81)64-92-98(86,87)94-68-75(66-90-77(82)60-52-44-35-29-25-24-28-34-42-50-58-72(6)7)96-79(84)62-54-46-36-30-22-18-14-10-12-16-20-26-32-40-48-56-70(2)3/h70-76,81H,9-69H2,1-8H3,(H,86,87)(H,88,89)/t73?,74-,75-,76-/m1/s1. The van der Waals surface area contributed by atoms with Crippen molar-refractivity contribution in [1.29, 1.82) is 0 Å². The summed E-state index contributed by atoms with van der Waals surface area (Å²) in [5.41, 5.74) is 0. The fourth-order valence-corrected chi connectivity index (χ4v) is 13.8. The smallest absolute Gasteiger partial charge is 0.462 e. The Bertz CT molecular complexity index is 1940. The highest BCUT2D eigenvalue weighted by Crippen LogP contribution is 2.45. The van der Waals surface area contributed by atoms with Crippen LogP contribution in [-0.4, -0.2) is 96.7 Å². The van der Waals surface area contributed by atoms with E-state index in [0.717, 1.165) is 120 Å². The van der Waals surface area contributed by atoms with Crippen molar-refractivity contribution < 1.29 is 80.2 Å². The summed E-state index contributed by atoms with van der Waals surface area (Å²) in [5, 5.41) is 10.6. The minimum atomic E-state index is -4.96. The maximum atomic E-state index is 13.1. The average molecular weight is 1450 g/mol. The molecule has 0 saturated heterocycles. The highest BCUT2D eigenvalue weighted by molar-refractivity contribution is 7.47. The number of carbonyl (C=O) groups excluding carboxylic acids is 4. The van der Waals surface area contributed by atoms with Gasteiger partial charge in [0.25, 0.3) is 0 Å². The molecule has 0 aromatic carbocycles. The molecule has 0 aliphatic carbocycles. The van der Waals surface area contributed by atoms with Gasteiger partial charge < -0.3 is 33.8 Å². The number of aliphatic hydroxyl groups excluding tert-OH is 1. The zero-order chi connectivity index (χ0) is 73.1. The van der Waals surface area contributed by atoms with Gasteiger partial charge in [-0.15, -0.1) is 0 Å². The molecule has 3 unspecified atom stereocenters. The number of phosphoric acid groups is 2. The quantitative estimate of drug-likeness (QED) is 0.0222. The number of esters is 4. The van der Waals surface area contributed by atoms with Crippen molar-refractivity contribution in [3.05, 3.63) is 0 Å². The van der Waals surface area contributed by atoms with Gasteiger partial charge in [0.1, 0.15) is 19.3 Å². The van der Waals surface area contributed by atoms with Gasteiger partial charge in [0.2, 0.25) is 0 Å². The first-order valence-corrected chi connectivity index (χ1v) is 44.2. The molecule has 0 aliphatic heterocycles. The minimum Gasteiger partial charge on any atom is -0.462 e. The van der Waals surface area contributed by atoms with Crippen LogP contribution in [0.3, 0.4) is 0 Å². The molecule has 0 fully saturated rings. The summed E-state index contributed by atoms with van der Waals surface area (Å²) in [7, 11) is -9.92. The van der Waals surface area contributed by atoms with Crippen molar-refractivity contribution in [1.82, 2.24) is 0 Å². The Kier molecular flexibility index (Phi) is 67.8. The second-order valence-corrected chi connectivity index (χ2v) is 33.4. The van der Waals surface area contributed by atoms with Crippen LogP contribution in [0.15, 0.2) is 0 Å². The van der Waals surface area contributed by atoms with E-state index in [9.17, 15) is 43.2 Å². The molecule has 0 aromatic heterocycles. The van der Waals surface area contributed by atoms with Gasteiger partial charge in [0.15, 0.2) is 12.2 Å². The van der Waals surface area contributed by atoms with E-state index in [1.165, 1.54) is 205 Å². The lowest BCUT2D eigenvalue weighted by Crippen LogP contribution is -2.30. The molecule has 6 atom stereocenters. The number of carbonyl (C=O) groups is 4. The van der Waals surface area contributed by atoms with Crippen LogP contribution in [0.4, 0.5) is 0 Å². The van der Waals surface area contributed by atoms with Crippen molar-refractivity contribution in [2.75, 3.05) is 39.6 Å². The molecule has 0 bridgehead atoms. The third kappa shape index (κ3) is 72.8. The Labute approximate surface area is 607 Å². The monoisotopic (exact) mass is 1450 g/mol. The largest absolute Gasteiger partial charge is 0.472 e. The molecule has 3 N–H and O–H groups in total. The lowest BCUT2D eigenvalue weighted by molar-refractivity contribution is -0.161.